The normalized spacial score (nSPS) is 19.9. The van der Waals surface area contributed by atoms with Gasteiger partial charge in [0.15, 0.2) is 0 Å². The smallest absolute Gasteiger partial charge is 0.335 e. The highest BCUT2D eigenvalue weighted by Crippen LogP contribution is 2.20. The van der Waals surface area contributed by atoms with Gasteiger partial charge in [0.2, 0.25) is 0 Å². The molecule has 2 heterocycles. The molecule has 1 aliphatic heterocycles. The highest BCUT2D eigenvalue weighted by molar-refractivity contribution is 5.88. The van der Waals surface area contributed by atoms with Crippen LogP contribution >= 0.6 is 0 Å². The van der Waals surface area contributed by atoms with Gasteiger partial charge in [-0.05, 0) is 25.5 Å². The third-order valence-corrected chi connectivity index (χ3v) is 3.14. The molecule has 0 bridgehead atoms. The summed E-state index contributed by atoms with van der Waals surface area (Å²) in [5.41, 5.74) is 1.11. The van der Waals surface area contributed by atoms with Crippen molar-refractivity contribution in [2.75, 3.05) is 24.7 Å². The minimum Gasteiger partial charge on any atom is -0.478 e. The number of aromatic carboxylic acids is 1. The van der Waals surface area contributed by atoms with Crippen molar-refractivity contribution >= 4 is 11.8 Å². The topological polar surface area (TPSA) is 62.7 Å². The summed E-state index contributed by atoms with van der Waals surface area (Å²) in [5.74, 6) is -0.170. The monoisotopic (exact) mass is 250 g/mol. The molecule has 0 aromatic carbocycles. The first kappa shape index (κ1) is 12.8. The summed E-state index contributed by atoms with van der Waals surface area (Å²) in [7, 11) is 0. The molecule has 0 aliphatic carbocycles. The highest BCUT2D eigenvalue weighted by Gasteiger charge is 2.21. The van der Waals surface area contributed by atoms with E-state index in [-0.39, 0.29) is 6.04 Å². The van der Waals surface area contributed by atoms with Gasteiger partial charge < -0.3 is 14.7 Å². The van der Waals surface area contributed by atoms with Crippen molar-refractivity contribution in [2.24, 2.45) is 0 Å². The van der Waals surface area contributed by atoms with Crippen molar-refractivity contribution in [3.63, 3.8) is 0 Å². The van der Waals surface area contributed by atoms with Gasteiger partial charge in [0.1, 0.15) is 5.82 Å². The van der Waals surface area contributed by atoms with E-state index < -0.39 is 5.97 Å². The fraction of sp³-hybridized carbons (Fsp3) is 0.538. The second-order valence-electron chi connectivity index (χ2n) is 4.48. The van der Waals surface area contributed by atoms with Gasteiger partial charge in [-0.25, -0.2) is 9.78 Å². The Hall–Kier alpha value is -1.62. The fourth-order valence-corrected chi connectivity index (χ4v) is 2.09. The average Bonchev–Trinajstić information content (AvgIpc) is 2.38. The number of hydrogen-bond donors (Lipinski definition) is 1. The van der Waals surface area contributed by atoms with Crippen LogP contribution < -0.4 is 4.90 Å². The molecular weight excluding hydrogens is 232 g/mol. The molecule has 1 unspecified atom stereocenters. The quantitative estimate of drug-likeness (QED) is 0.882. The lowest BCUT2D eigenvalue weighted by Gasteiger charge is -2.34. The molecule has 1 aliphatic rings. The lowest BCUT2D eigenvalue weighted by atomic mass is 10.1. The van der Waals surface area contributed by atoms with Crippen LogP contribution in [0.3, 0.4) is 0 Å². The number of carboxylic acids is 1. The molecule has 5 nitrogen and oxygen atoms in total. The average molecular weight is 250 g/mol. The predicted molar refractivity (Wildman–Crippen MR) is 68.2 cm³/mol. The molecule has 0 amide bonds. The number of carboxylic acid groups (broad SMARTS) is 1. The van der Waals surface area contributed by atoms with E-state index in [0.717, 1.165) is 24.5 Å². The number of carbonyl (C=O) groups is 1. The Morgan fingerprint density at radius 2 is 2.39 bits per heavy atom. The molecule has 0 spiro atoms. The zero-order valence-electron chi connectivity index (χ0n) is 10.7. The molecule has 1 fully saturated rings. The Morgan fingerprint density at radius 1 is 1.61 bits per heavy atom. The first-order chi connectivity index (χ1) is 8.61. The van der Waals surface area contributed by atoms with Crippen molar-refractivity contribution in [3.8, 4) is 0 Å². The Balaban J connectivity index is 2.36. The van der Waals surface area contributed by atoms with Crippen LogP contribution in [0.5, 0.6) is 0 Å². The highest BCUT2D eigenvalue weighted by atomic mass is 16.5. The summed E-state index contributed by atoms with van der Waals surface area (Å²) >= 11 is 0. The largest absolute Gasteiger partial charge is 0.478 e. The van der Waals surface area contributed by atoms with Crippen LogP contribution in [0.15, 0.2) is 12.1 Å². The van der Waals surface area contributed by atoms with E-state index >= 15 is 0 Å². The maximum atomic E-state index is 11.1. The van der Waals surface area contributed by atoms with Crippen LogP contribution in [-0.4, -0.2) is 41.9 Å². The summed E-state index contributed by atoms with van der Waals surface area (Å²) in [6, 6.07) is 3.50. The summed E-state index contributed by atoms with van der Waals surface area (Å²) in [5, 5.41) is 9.12. The van der Waals surface area contributed by atoms with Crippen molar-refractivity contribution in [3.05, 3.63) is 23.4 Å². The molecule has 18 heavy (non-hydrogen) atoms. The fourth-order valence-electron chi connectivity index (χ4n) is 2.09. The van der Waals surface area contributed by atoms with Gasteiger partial charge >= 0.3 is 5.97 Å². The third-order valence-electron chi connectivity index (χ3n) is 3.14. The van der Waals surface area contributed by atoms with E-state index in [4.69, 9.17) is 9.84 Å². The third kappa shape index (κ3) is 2.61. The van der Waals surface area contributed by atoms with E-state index in [1.54, 1.807) is 12.1 Å². The van der Waals surface area contributed by atoms with Gasteiger partial charge in [0, 0.05) is 12.2 Å². The number of aromatic nitrogens is 1. The molecule has 1 aromatic heterocycles. The van der Waals surface area contributed by atoms with E-state index in [1.807, 2.05) is 6.92 Å². The Kier molecular flexibility index (Phi) is 3.81. The molecule has 5 heteroatoms. The van der Waals surface area contributed by atoms with Crippen LogP contribution in [0.25, 0.3) is 0 Å². The predicted octanol–water partition coefficient (Wildman–Crippen LogP) is 1.57. The zero-order chi connectivity index (χ0) is 13.1. The molecule has 2 rings (SSSR count). The molecule has 1 aromatic rings. The number of aryl methyl sites for hydroxylation is 1. The summed E-state index contributed by atoms with van der Waals surface area (Å²) < 4.78 is 5.38. The zero-order valence-corrected chi connectivity index (χ0v) is 10.7. The molecular formula is C13H18N2O3. The van der Waals surface area contributed by atoms with Gasteiger partial charge in [0.05, 0.1) is 24.8 Å². The minimum absolute atomic E-state index is 0.222. The first-order valence-electron chi connectivity index (χ1n) is 6.20. The van der Waals surface area contributed by atoms with Gasteiger partial charge in [-0.1, -0.05) is 6.92 Å². The van der Waals surface area contributed by atoms with Crippen molar-refractivity contribution < 1.29 is 14.6 Å². The molecule has 0 saturated carbocycles. The maximum Gasteiger partial charge on any atom is 0.335 e. The lowest BCUT2D eigenvalue weighted by Crippen LogP contribution is -2.44. The van der Waals surface area contributed by atoms with Gasteiger partial charge in [-0.15, -0.1) is 0 Å². The van der Waals surface area contributed by atoms with Gasteiger partial charge in [0.25, 0.3) is 0 Å². The van der Waals surface area contributed by atoms with Crippen LogP contribution in [-0.2, 0) is 11.2 Å². The molecule has 1 N–H and O–H groups in total. The van der Waals surface area contributed by atoms with E-state index in [9.17, 15) is 4.79 Å². The number of rotatable bonds is 3. The summed E-state index contributed by atoms with van der Waals surface area (Å²) in [6.45, 7) is 6.09. The number of morpholine rings is 1. The van der Waals surface area contributed by atoms with E-state index in [1.165, 1.54) is 0 Å². The van der Waals surface area contributed by atoms with Crippen LogP contribution in [0.4, 0.5) is 5.82 Å². The summed E-state index contributed by atoms with van der Waals surface area (Å²) in [4.78, 5) is 17.7. The van der Waals surface area contributed by atoms with Crippen molar-refractivity contribution in [1.29, 1.82) is 0 Å². The number of anilines is 1. The maximum absolute atomic E-state index is 11.1. The number of ether oxygens (including phenoxy) is 1. The molecule has 0 radical (unpaired) electrons. The van der Waals surface area contributed by atoms with E-state index in [0.29, 0.717) is 18.8 Å². The Morgan fingerprint density at radius 3 is 3.00 bits per heavy atom. The molecule has 98 valence electrons. The van der Waals surface area contributed by atoms with E-state index in [2.05, 4.69) is 16.8 Å². The number of nitrogens with zero attached hydrogens (tertiary/aromatic N) is 2. The Bertz CT molecular complexity index is 448. The first-order valence-corrected chi connectivity index (χ1v) is 6.20. The number of pyridine rings is 1. The van der Waals surface area contributed by atoms with Crippen LogP contribution in [0.2, 0.25) is 0 Å². The second-order valence-corrected chi connectivity index (χ2v) is 4.48. The lowest BCUT2D eigenvalue weighted by molar-refractivity contribution is 0.0696. The van der Waals surface area contributed by atoms with Crippen LogP contribution in [0, 0.1) is 0 Å². The summed E-state index contributed by atoms with van der Waals surface area (Å²) in [6.07, 6.45) is 0.729. The van der Waals surface area contributed by atoms with Gasteiger partial charge in [-0.3, -0.25) is 0 Å². The van der Waals surface area contributed by atoms with Crippen molar-refractivity contribution in [1.82, 2.24) is 4.98 Å². The minimum atomic E-state index is -0.908. The number of hydrogen-bond acceptors (Lipinski definition) is 4. The standard InChI is InChI=1S/C13H18N2O3/c1-3-11-6-10(13(16)17)7-12(14-11)15-4-5-18-8-9(15)2/h6-7,9H,3-5,8H2,1-2H3,(H,16,17). The Labute approximate surface area is 106 Å². The molecule has 1 atom stereocenters. The van der Waals surface area contributed by atoms with Crippen LogP contribution in [0.1, 0.15) is 29.9 Å². The van der Waals surface area contributed by atoms with Crippen molar-refractivity contribution in [2.45, 2.75) is 26.3 Å². The molecule has 1 saturated heterocycles. The second kappa shape index (κ2) is 5.35. The SMILES string of the molecule is CCc1cc(C(=O)O)cc(N2CCOCC2C)n1. The van der Waals surface area contributed by atoms with Gasteiger partial charge in [-0.2, -0.15) is 0 Å².